The topological polar surface area (TPSA) is 86.6 Å². The molecule has 0 radical (unpaired) electrons. The van der Waals surface area contributed by atoms with Gasteiger partial charge in [0.25, 0.3) is 0 Å². The third-order valence-electron chi connectivity index (χ3n) is 1.54. The summed E-state index contributed by atoms with van der Waals surface area (Å²) in [4.78, 5) is 19.2. The summed E-state index contributed by atoms with van der Waals surface area (Å²) in [6.45, 7) is 0. The Labute approximate surface area is 78.3 Å². The minimum Gasteiger partial charge on any atom is -0.478 e. The van der Waals surface area contributed by atoms with Gasteiger partial charge in [-0.05, 0) is 18.4 Å². The third kappa shape index (κ3) is 1.50. The molecule has 1 rings (SSSR count). The van der Waals surface area contributed by atoms with Crippen molar-refractivity contribution in [3.8, 4) is 0 Å². The number of alkyl halides is 1. The van der Waals surface area contributed by atoms with Crippen LogP contribution in [0.3, 0.4) is 0 Å². The first kappa shape index (κ1) is 9.60. The number of carbonyl (C=O) groups is 2. The Bertz CT molecular complexity index is 322. The molecule has 6 heteroatoms. The molecule has 5 nitrogen and oxygen atoms in total. The Morgan fingerprint density at radius 1 is 1.46 bits per heavy atom. The highest BCUT2D eigenvalue weighted by molar-refractivity contribution is 6.38. The summed E-state index contributed by atoms with van der Waals surface area (Å²) in [6.07, 6.45) is 3.78. The van der Waals surface area contributed by atoms with Crippen LogP contribution in [0.15, 0.2) is 23.9 Å². The average molecular weight is 204 g/mol. The lowest BCUT2D eigenvalue weighted by atomic mass is 10.0. The Balaban J connectivity index is 3.13. The van der Waals surface area contributed by atoms with Crippen LogP contribution >= 0.6 is 11.6 Å². The molecule has 0 spiro atoms. The molecule has 0 amide bonds. The summed E-state index contributed by atoms with van der Waals surface area (Å²) in [7, 11) is 0. The number of hydrogen-bond donors (Lipinski definition) is 3. The standard InChI is InChI=1S/C7H6ClNO4/c8-7(6(12)13)4(5(10)11)2-1-3-9-7/h1-3,9H,(H,10,11)(H,12,13). The maximum atomic E-state index is 10.7. The van der Waals surface area contributed by atoms with Gasteiger partial charge in [0, 0.05) is 0 Å². The Kier molecular flexibility index (Phi) is 2.29. The second-order valence-corrected chi connectivity index (χ2v) is 2.92. The third-order valence-corrected chi connectivity index (χ3v) is 2.01. The van der Waals surface area contributed by atoms with Crippen LogP contribution in [-0.2, 0) is 9.59 Å². The van der Waals surface area contributed by atoms with E-state index in [0.29, 0.717) is 0 Å². The number of halogens is 1. The zero-order chi connectivity index (χ0) is 10.1. The molecule has 0 aromatic carbocycles. The molecular weight excluding hydrogens is 198 g/mol. The summed E-state index contributed by atoms with van der Waals surface area (Å²) in [5.41, 5.74) is -0.413. The van der Waals surface area contributed by atoms with Gasteiger partial charge in [-0.2, -0.15) is 0 Å². The monoisotopic (exact) mass is 203 g/mol. The zero-order valence-corrected chi connectivity index (χ0v) is 7.08. The Morgan fingerprint density at radius 3 is 2.46 bits per heavy atom. The van der Waals surface area contributed by atoms with Crippen molar-refractivity contribution < 1.29 is 19.8 Å². The van der Waals surface area contributed by atoms with Crippen LogP contribution in [0.5, 0.6) is 0 Å². The molecule has 0 fully saturated rings. The maximum Gasteiger partial charge on any atom is 0.350 e. The molecular formula is C7H6ClNO4. The van der Waals surface area contributed by atoms with Crippen molar-refractivity contribution >= 4 is 23.5 Å². The van der Waals surface area contributed by atoms with Gasteiger partial charge in [0.2, 0.25) is 5.00 Å². The molecule has 3 N–H and O–H groups in total. The lowest BCUT2D eigenvalue weighted by Gasteiger charge is -2.25. The van der Waals surface area contributed by atoms with Gasteiger partial charge >= 0.3 is 11.9 Å². The van der Waals surface area contributed by atoms with E-state index in [4.69, 9.17) is 21.8 Å². The number of rotatable bonds is 2. The highest BCUT2D eigenvalue weighted by atomic mass is 35.5. The lowest BCUT2D eigenvalue weighted by molar-refractivity contribution is -0.143. The quantitative estimate of drug-likeness (QED) is 0.439. The summed E-state index contributed by atoms with van der Waals surface area (Å²) in [5.74, 6) is -2.82. The predicted octanol–water partition coefficient (Wildman–Crippen LogP) is 0.134. The molecule has 0 saturated heterocycles. The first-order valence-corrected chi connectivity index (χ1v) is 3.67. The molecule has 1 aliphatic rings. The smallest absolute Gasteiger partial charge is 0.350 e. The predicted molar refractivity (Wildman–Crippen MR) is 44.2 cm³/mol. The lowest BCUT2D eigenvalue weighted by Crippen LogP contribution is -2.49. The molecule has 1 aliphatic heterocycles. The number of carboxylic acids is 2. The molecule has 0 saturated carbocycles. The van der Waals surface area contributed by atoms with Crippen LogP contribution < -0.4 is 5.32 Å². The van der Waals surface area contributed by atoms with Gasteiger partial charge in [0.05, 0.1) is 5.57 Å². The number of allylic oxidation sites excluding steroid dienone is 2. The molecule has 1 unspecified atom stereocenters. The van der Waals surface area contributed by atoms with E-state index in [2.05, 4.69) is 5.32 Å². The first-order valence-electron chi connectivity index (χ1n) is 3.29. The number of hydrogen-bond acceptors (Lipinski definition) is 3. The number of carboxylic acid groups (broad SMARTS) is 2. The highest BCUT2D eigenvalue weighted by Gasteiger charge is 2.44. The van der Waals surface area contributed by atoms with Gasteiger partial charge in [0.15, 0.2) is 0 Å². The van der Waals surface area contributed by atoms with Crippen molar-refractivity contribution in [2.45, 2.75) is 5.00 Å². The SMILES string of the molecule is O=C(O)C1=CC=CNC1(Cl)C(=O)O. The molecule has 0 aromatic rings. The number of dihydropyridines is 1. The summed E-state index contributed by atoms with van der Waals surface area (Å²) in [5, 5.41) is 19.6. The molecule has 1 heterocycles. The van der Waals surface area contributed by atoms with E-state index in [1.54, 1.807) is 0 Å². The van der Waals surface area contributed by atoms with Gasteiger partial charge in [0.1, 0.15) is 0 Å². The first-order chi connectivity index (χ1) is 5.98. The van der Waals surface area contributed by atoms with Gasteiger partial charge in [-0.25, -0.2) is 9.59 Å². The Hall–Kier alpha value is -1.49. The number of aliphatic carboxylic acids is 2. The van der Waals surface area contributed by atoms with Crippen LogP contribution in [0.25, 0.3) is 0 Å². The second-order valence-electron chi connectivity index (χ2n) is 2.35. The van der Waals surface area contributed by atoms with E-state index < -0.39 is 22.5 Å². The van der Waals surface area contributed by atoms with Crippen molar-refractivity contribution in [3.63, 3.8) is 0 Å². The summed E-state index contributed by atoms with van der Waals surface area (Å²) >= 11 is 5.56. The van der Waals surface area contributed by atoms with E-state index in [0.717, 1.165) is 6.08 Å². The van der Waals surface area contributed by atoms with E-state index in [1.807, 2.05) is 0 Å². The zero-order valence-electron chi connectivity index (χ0n) is 6.32. The van der Waals surface area contributed by atoms with Crippen molar-refractivity contribution in [1.29, 1.82) is 0 Å². The fourth-order valence-corrected chi connectivity index (χ4v) is 1.10. The minimum atomic E-state index is -2.07. The van der Waals surface area contributed by atoms with Crippen LogP contribution in [-0.4, -0.2) is 27.1 Å². The molecule has 0 aliphatic carbocycles. The fourth-order valence-electron chi connectivity index (χ4n) is 0.895. The van der Waals surface area contributed by atoms with Crippen molar-refractivity contribution in [2.75, 3.05) is 0 Å². The van der Waals surface area contributed by atoms with Crippen LogP contribution in [0.1, 0.15) is 0 Å². The number of nitrogens with one attached hydrogen (secondary N) is 1. The average Bonchev–Trinajstić information content (AvgIpc) is 2.04. The second kappa shape index (κ2) is 3.10. The van der Waals surface area contributed by atoms with Gasteiger partial charge in [-0.15, -0.1) is 0 Å². The van der Waals surface area contributed by atoms with Crippen molar-refractivity contribution in [3.05, 3.63) is 23.9 Å². The van der Waals surface area contributed by atoms with Gasteiger partial charge in [-0.3, -0.25) is 0 Å². The normalized spacial score (nSPS) is 26.1. The summed E-state index contributed by atoms with van der Waals surface area (Å²) in [6, 6.07) is 0. The summed E-state index contributed by atoms with van der Waals surface area (Å²) < 4.78 is 0. The molecule has 70 valence electrons. The molecule has 0 aromatic heterocycles. The van der Waals surface area contributed by atoms with Gasteiger partial charge in [-0.1, -0.05) is 11.6 Å². The van der Waals surface area contributed by atoms with Crippen LogP contribution in [0.4, 0.5) is 0 Å². The largest absolute Gasteiger partial charge is 0.478 e. The minimum absolute atomic E-state index is 0.413. The Morgan fingerprint density at radius 2 is 2.08 bits per heavy atom. The maximum absolute atomic E-state index is 10.7. The van der Waals surface area contributed by atoms with E-state index in [-0.39, 0.29) is 0 Å². The van der Waals surface area contributed by atoms with Crippen LogP contribution in [0.2, 0.25) is 0 Å². The van der Waals surface area contributed by atoms with Gasteiger partial charge < -0.3 is 15.5 Å². The molecule has 1 atom stereocenters. The molecule has 13 heavy (non-hydrogen) atoms. The van der Waals surface area contributed by atoms with Crippen molar-refractivity contribution in [1.82, 2.24) is 5.32 Å². The molecule has 0 bridgehead atoms. The highest BCUT2D eigenvalue weighted by Crippen LogP contribution is 2.25. The van der Waals surface area contributed by atoms with E-state index >= 15 is 0 Å². The van der Waals surface area contributed by atoms with Crippen molar-refractivity contribution in [2.24, 2.45) is 0 Å². The van der Waals surface area contributed by atoms with Crippen LogP contribution in [0, 0.1) is 0 Å². The van der Waals surface area contributed by atoms with E-state index in [1.165, 1.54) is 12.3 Å². The van der Waals surface area contributed by atoms with E-state index in [9.17, 15) is 9.59 Å². The fraction of sp³-hybridized carbons (Fsp3) is 0.143.